The van der Waals surface area contributed by atoms with Crippen molar-refractivity contribution in [2.24, 2.45) is 0 Å². The molecule has 0 aliphatic carbocycles. The molecule has 0 aliphatic heterocycles. The van der Waals surface area contributed by atoms with E-state index >= 15 is 0 Å². The molecule has 26 heavy (non-hydrogen) atoms. The number of nitrogens with one attached hydrogen (secondary N) is 2. The van der Waals surface area contributed by atoms with Gasteiger partial charge in [-0.3, -0.25) is 13.9 Å². The minimum absolute atomic E-state index is 0.194. The van der Waals surface area contributed by atoms with Gasteiger partial charge in [0.2, 0.25) is 21.8 Å². The lowest BCUT2D eigenvalue weighted by atomic mass is 10.2. The van der Waals surface area contributed by atoms with Crippen LogP contribution < -0.4 is 14.9 Å². The highest BCUT2D eigenvalue weighted by Crippen LogP contribution is 2.21. The van der Waals surface area contributed by atoms with E-state index in [2.05, 4.69) is 26.6 Å². The van der Waals surface area contributed by atoms with Crippen molar-refractivity contribution in [2.45, 2.75) is 6.92 Å². The van der Waals surface area contributed by atoms with Crippen LogP contribution in [0.3, 0.4) is 0 Å². The van der Waals surface area contributed by atoms with Crippen molar-refractivity contribution in [3.05, 3.63) is 53.0 Å². The van der Waals surface area contributed by atoms with Gasteiger partial charge >= 0.3 is 0 Å². The molecule has 138 valence electrons. The Morgan fingerprint density at radius 1 is 0.962 bits per heavy atom. The van der Waals surface area contributed by atoms with Crippen molar-refractivity contribution in [2.75, 3.05) is 27.7 Å². The van der Waals surface area contributed by atoms with Crippen molar-refractivity contribution in [3.8, 4) is 0 Å². The lowest BCUT2D eigenvalue weighted by Gasteiger charge is -2.22. The first-order chi connectivity index (χ1) is 12.1. The predicted octanol–water partition coefficient (Wildman–Crippen LogP) is 2.81. The van der Waals surface area contributed by atoms with Gasteiger partial charge in [-0.25, -0.2) is 8.42 Å². The van der Waals surface area contributed by atoms with E-state index in [0.717, 1.165) is 15.0 Å². The monoisotopic (exact) mass is 439 g/mol. The molecule has 0 spiro atoms. The fourth-order valence-electron chi connectivity index (χ4n) is 2.18. The molecule has 2 aromatic carbocycles. The molecule has 7 nitrogen and oxygen atoms in total. The third-order valence-corrected chi connectivity index (χ3v) is 4.96. The number of nitrogens with zero attached hydrogens (tertiary/aromatic N) is 1. The summed E-state index contributed by atoms with van der Waals surface area (Å²) in [6.07, 6.45) is 1.05. The number of sulfonamides is 1. The maximum Gasteiger partial charge on any atom is 0.245 e. The second-order valence-corrected chi connectivity index (χ2v) is 8.38. The smallest absolute Gasteiger partial charge is 0.245 e. The molecule has 2 rings (SSSR count). The molecule has 0 fully saturated rings. The number of hydrogen-bond donors (Lipinski definition) is 2. The fourth-order valence-corrected chi connectivity index (χ4v) is 3.30. The van der Waals surface area contributed by atoms with Gasteiger partial charge in [-0.05, 0) is 48.5 Å². The third-order valence-electron chi connectivity index (χ3n) is 3.29. The first kappa shape index (κ1) is 19.9. The van der Waals surface area contributed by atoms with Gasteiger partial charge in [0, 0.05) is 22.8 Å². The van der Waals surface area contributed by atoms with E-state index in [1.54, 1.807) is 48.5 Å². The van der Waals surface area contributed by atoms with Crippen LogP contribution in [0.1, 0.15) is 6.92 Å². The normalized spacial score (nSPS) is 10.9. The molecule has 0 heterocycles. The van der Waals surface area contributed by atoms with Gasteiger partial charge in [-0.1, -0.05) is 15.9 Å². The predicted molar refractivity (Wildman–Crippen MR) is 106 cm³/mol. The van der Waals surface area contributed by atoms with Crippen LogP contribution in [-0.2, 0) is 19.6 Å². The molecule has 0 bridgehead atoms. The van der Waals surface area contributed by atoms with Gasteiger partial charge in [-0.2, -0.15) is 0 Å². The Kier molecular flexibility index (Phi) is 6.38. The Bertz CT molecular complexity index is 897. The number of hydrogen-bond acceptors (Lipinski definition) is 4. The Hall–Kier alpha value is -2.39. The molecule has 0 saturated carbocycles. The SMILES string of the molecule is CC(=O)Nc1ccc(NC(=O)CN(c2ccc(Br)cc2)S(C)(=O)=O)cc1. The van der Waals surface area contributed by atoms with E-state index in [0.29, 0.717) is 17.1 Å². The van der Waals surface area contributed by atoms with Crippen LogP contribution in [0.15, 0.2) is 53.0 Å². The number of carbonyl (C=O) groups is 2. The summed E-state index contributed by atoms with van der Waals surface area (Å²) in [7, 11) is -3.63. The summed E-state index contributed by atoms with van der Waals surface area (Å²) in [6, 6.07) is 13.1. The summed E-state index contributed by atoms with van der Waals surface area (Å²) in [5.74, 6) is -0.675. The van der Waals surface area contributed by atoms with Crippen LogP contribution in [0.25, 0.3) is 0 Å². The van der Waals surface area contributed by atoms with Gasteiger partial charge < -0.3 is 10.6 Å². The molecule has 2 aromatic rings. The van der Waals surface area contributed by atoms with E-state index in [1.807, 2.05) is 0 Å². The van der Waals surface area contributed by atoms with E-state index in [1.165, 1.54) is 6.92 Å². The van der Waals surface area contributed by atoms with Crippen LogP contribution in [0.2, 0.25) is 0 Å². The molecule has 2 amide bonds. The molecular formula is C17H18BrN3O4S. The minimum atomic E-state index is -3.63. The molecular weight excluding hydrogens is 422 g/mol. The van der Waals surface area contributed by atoms with Crippen molar-refractivity contribution in [3.63, 3.8) is 0 Å². The molecule has 9 heteroatoms. The van der Waals surface area contributed by atoms with Gasteiger partial charge in [-0.15, -0.1) is 0 Å². The Morgan fingerprint density at radius 2 is 1.46 bits per heavy atom. The third kappa shape index (κ3) is 5.85. The standard InChI is InChI=1S/C17H18BrN3O4S/c1-12(22)19-14-5-7-15(8-6-14)20-17(23)11-21(26(2,24)25)16-9-3-13(18)4-10-16/h3-10H,11H2,1-2H3,(H,19,22)(H,20,23). The van der Waals surface area contributed by atoms with Crippen molar-refractivity contribution < 1.29 is 18.0 Å². The quantitative estimate of drug-likeness (QED) is 0.722. The highest BCUT2D eigenvalue weighted by molar-refractivity contribution is 9.10. The highest BCUT2D eigenvalue weighted by atomic mass is 79.9. The number of carbonyl (C=O) groups excluding carboxylic acids is 2. The second-order valence-electron chi connectivity index (χ2n) is 5.55. The molecule has 0 radical (unpaired) electrons. The van der Waals surface area contributed by atoms with Crippen LogP contribution in [0.5, 0.6) is 0 Å². The lowest BCUT2D eigenvalue weighted by Crippen LogP contribution is -2.37. The number of halogens is 1. The van der Waals surface area contributed by atoms with Crippen molar-refractivity contribution in [1.82, 2.24) is 0 Å². The van der Waals surface area contributed by atoms with Crippen molar-refractivity contribution >= 4 is 54.8 Å². The number of anilines is 3. The first-order valence-corrected chi connectivity index (χ1v) is 10.2. The van der Waals surface area contributed by atoms with Gasteiger partial charge in [0.1, 0.15) is 6.54 Å². The Balaban J connectivity index is 2.10. The summed E-state index contributed by atoms with van der Waals surface area (Å²) in [5, 5.41) is 5.26. The van der Waals surface area contributed by atoms with Crippen LogP contribution in [-0.4, -0.2) is 33.0 Å². The molecule has 0 aliphatic rings. The van der Waals surface area contributed by atoms with E-state index in [4.69, 9.17) is 0 Å². The minimum Gasteiger partial charge on any atom is -0.326 e. The van der Waals surface area contributed by atoms with Gasteiger partial charge in [0.05, 0.1) is 11.9 Å². The zero-order chi connectivity index (χ0) is 19.3. The van der Waals surface area contributed by atoms with Crippen LogP contribution in [0, 0.1) is 0 Å². The summed E-state index contributed by atoms with van der Waals surface area (Å²) in [4.78, 5) is 23.3. The van der Waals surface area contributed by atoms with Gasteiger partial charge in [0.15, 0.2) is 0 Å². The summed E-state index contributed by atoms with van der Waals surface area (Å²) >= 11 is 3.29. The van der Waals surface area contributed by atoms with Gasteiger partial charge in [0.25, 0.3) is 0 Å². The molecule has 0 saturated heterocycles. The molecule has 0 unspecified atom stereocenters. The first-order valence-electron chi connectivity index (χ1n) is 7.56. The van der Waals surface area contributed by atoms with E-state index < -0.39 is 15.9 Å². The van der Waals surface area contributed by atoms with E-state index in [9.17, 15) is 18.0 Å². The second kappa shape index (κ2) is 8.33. The Labute approximate surface area is 160 Å². The van der Waals surface area contributed by atoms with Crippen molar-refractivity contribution in [1.29, 1.82) is 0 Å². The largest absolute Gasteiger partial charge is 0.326 e. The zero-order valence-electron chi connectivity index (χ0n) is 14.2. The zero-order valence-corrected chi connectivity index (χ0v) is 16.6. The van der Waals surface area contributed by atoms with E-state index in [-0.39, 0.29) is 12.5 Å². The van der Waals surface area contributed by atoms with Crippen LogP contribution in [0.4, 0.5) is 17.1 Å². The summed E-state index contributed by atoms with van der Waals surface area (Å²) in [6.45, 7) is 1.05. The summed E-state index contributed by atoms with van der Waals surface area (Å²) in [5.41, 5.74) is 1.49. The maximum absolute atomic E-state index is 12.3. The molecule has 2 N–H and O–H groups in total. The lowest BCUT2D eigenvalue weighted by molar-refractivity contribution is -0.115. The maximum atomic E-state index is 12.3. The number of rotatable bonds is 6. The summed E-state index contributed by atoms with van der Waals surface area (Å²) < 4.78 is 25.9. The molecule has 0 aromatic heterocycles. The number of amides is 2. The highest BCUT2D eigenvalue weighted by Gasteiger charge is 2.20. The average molecular weight is 440 g/mol. The van der Waals surface area contributed by atoms with Crippen LogP contribution >= 0.6 is 15.9 Å². The average Bonchev–Trinajstić information content (AvgIpc) is 2.54. The molecule has 0 atom stereocenters. The number of benzene rings is 2. The fraction of sp³-hybridized carbons (Fsp3) is 0.176. The topological polar surface area (TPSA) is 95.6 Å². The Morgan fingerprint density at radius 3 is 1.92 bits per heavy atom.